The van der Waals surface area contributed by atoms with Crippen molar-refractivity contribution in [3.8, 4) is 0 Å². The number of nitrogens with one attached hydrogen (secondary N) is 1. The van der Waals surface area contributed by atoms with Crippen LogP contribution >= 0.6 is 51.2 Å². The van der Waals surface area contributed by atoms with Crippen molar-refractivity contribution in [1.29, 1.82) is 0 Å². The molecule has 0 amide bonds. The van der Waals surface area contributed by atoms with Gasteiger partial charge in [0.2, 0.25) is 0 Å². The summed E-state index contributed by atoms with van der Waals surface area (Å²) < 4.78 is 14.1. The number of thiophene rings is 1. The fraction of sp³-hybridized carbons (Fsp3) is 0.214. The van der Waals surface area contributed by atoms with Crippen molar-refractivity contribution in [2.45, 2.75) is 5.37 Å². The average Bonchev–Trinajstić information content (AvgIpc) is 3.09. The fourth-order valence-corrected chi connectivity index (χ4v) is 5.41. The van der Waals surface area contributed by atoms with Crippen molar-refractivity contribution in [1.82, 2.24) is 4.90 Å². The SMILES string of the molecule is Fc1ccc(NC(=S)N2CCSC2c2ccc(Br)s2)cc1. The van der Waals surface area contributed by atoms with E-state index in [9.17, 15) is 4.39 Å². The first-order valence-corrected chi connectivity index (χ1v) is 9.40. The molecule has 0 bridgehead atoms. The van der Waals surface area contributed by atoms with Gasteiger partial charge in [0.05, 0.1) is 3.79 Å². The van der Waals surface area contributed by atoms with Gasteiger partial charge in [-0.3, -0.25) is 0 Å². The molecule has 2 nitrogen and oxygen atoms in total. The Morgan fingerprint density at radius 3 is 2.71 bits per heavy atom. The van der Waals surface area contributed by atoms with Crippen LogP contribution in [0.4, 0.5) is 10.1 Å². The number of rotatable bonds is 2. The standard InChI is InChI=1S/C14H12BrFN2S3/c15-12-6-5-11(21-12)13-18(7-8-20-13)14(19)17-10-3-1-9(16)2-4-10/h1-6,13H,7-8H2,(H,17,19). The first-order valence-electron chi connectivity index (χ1n) is 6.33. The monoisotopic (exact) mass is 402 g/mol. The van der Waals surface area contributed by atoms with Crippen molar-refractivity contribution in [3.63, 3.8) is 0 Å². The second-order valence-electron chi connectivity index (χ2n) is 4.50. The minimum Gasteiger partial charge on any atom is -0.333 e. The summed E-state index contributed by atoms with van der Waals surface area (Å²) in [4.78, 5) is 3.47. The Labute approximate surface area is 144 Å². The molecule has 2 aromatic rings. The quantitative estimate of drug-likeness (QED) is 0.702. The third-order valence-electron chi connectivity index (χ3n) is 3.08. The first-order chi connectivity index (χ1) is 10.1. The smallest absolute Gasteiger partial charge is 0.174 e. The second kappa shape index (κ2) is 6.64. The van der Waals surface area contributed by atoms with Crippen molar-refractivity contribution in [2.75, 3.05) is 17.6 Å². The van der Waals surface area contributed by atoms with E-state index in [1.54, 1.807) is 23.5 Å². The molecule has 1 atom stereocenters. The molecule has 1 aliphatic heterocycles. The highest BCUT2D eigenvalue weighted by Crippen LogP contribution is 2.42. The van der Waals surface area contributed by atoms with Gasteiger partial charge in [-0.2, -0.15) is 0 Å². The minimum absolute atomic E-state index is 0.246. The number of thioether (sulfide) groups is 1. The maximum Gasteiger partial charge on any atom is 0.174 e. The van der Waals surface area contributed by atoms with Crippen LogP contribution in [-0.2, 0) is 0 Å². The zero-order chi connectivity index (χ0) is 14.8. The predicted molar refractivity (Wildman–Crippen MR) is 96.5 cm³/mol. The Morgan fingerprint density at radius 1 is 1.29 bits per heavy atom. The molecule has 1 fully saturated rings. The summed E-state index contributed by atoms with van der Waals surface area (Å²) in [6.45, 7) is 0.915. The Balaban J connectivity index is 1.72. The van der Waals surface area contributed by atoms with E-state index in [1.165, 1.54) is 17.0 Å². The lowest BCUT2D eigenvalue weighted by Crippen LogP contribution is -2.33. The number of anilines is 1. The summed E-state index contributed by atoms with van der Waals surface area (Å²) in [6, 6.07) is 10.4. The van der Waals surface area contributed by atoms with Crippen LogP contribution in [0.15, 0.2) is 40.2 Å². The third-order valence-corrected chi connectivity index (χ3v) is 6.49. The molecule has 1 unspecified atom stereocenters. The Hall–Kier alpha value is -0.630. The van der Waals surface area contributed by atoms with Crippen LogP contribution in [0.2, 0.25) is 0 Å². The molecule has 1 aliphatic rings. The van der Waals surface area contributed by atoms with E-state index < -0.39 is 0 Å². The molecular weight excluding hydrogens is 391 g/mol. The Bertz CT molecular complexity index is 644. The number of halogens is 2. The Kier molecular flexibility index (Phi) is 4.83. The van der Waals surface area contributed by atoms with Crippen LogP contribution in [0.3, 0.4) is 0 Å². The van der Waals surface area contributed by atoms with Crippen LogP contribution in [0.5, 0.6) is 0 Å². The lowest BCUT2D eigenvalue weighted by molar-refractivity contribution is 0.462. The number of hydrogen-bond donors (Lipinski definition) is 1. The highest BCUT2D eigenvalue weighted by Gasteiger charge is 2.29. The zero-order valence-corrected chi connectivity index (χ0v) is 14.9. The van der Waals surface area contributed by atoms with Crippen molar-refractivity contribution in [2.24, 2.45) is 0 Å². The van der Waals surface area contributed by atoms with Gasteiger partial charge in [-0.1, -0.05) is 0 Å². The molecule has 7 heteroatoms. The molecular formula is C14H12BrFN2S3. The van der Waals surface area contributed by atoms with Crippen molar-refractivity contribution in [3.05, 3.63) is 50.9 Å². The maximum absolute atomic E-state index is 12.9. The van der Waals surface area contributed by atoms with Gasteiger partial charge in [0.15, 0.2) is 5.11 Å². The van der Waals surface area contributed by atoms with Gasteiger partial charge in [-0.15, -0.1) is 23.1 Å². The Morgan fingerprint density at radius 2 is 2.05 bits per heavy atom. The summed E-state index contributed by atoms with van der Waals surface area (Å²) in [5, 5.41) is 4.12. The topological polar surface area (TPSA) is 15.3 Å². The molecule has 0 spiro atoms. The highest BCUT2D eigenvalue weighted by molar-refractivity contribution is 9.11. The maximum atomic E-state index is 12.9. The van der Waals surface area contributed by atoms with E-state index >= 15 is 0 Å². The van der Waals surface area contributed by atoms with Gasteiger partial charge in [0.1, 0.15) is 11.2 Å². The molecule has 0 radical (unpaired) electrons. The molecule has 1 saturated heterocycles. The summed E-state index contributed by atoms with van der Waals surface area (Å²) in [5.74, 6) is 0.801. The fourth-order valence-electron chi connectivity index (χ4n) is 2.10. The zero-order valence-electron chi connectivity index (χ0n) is 10.9. The molecule has 1 N–H and O–H groups in total. The lowest BCUT2D eigenvalue weighted by Gasteiger charge is -2.26. The molecule has 3 rings (SSSR count). The van der Waals surface area contributed by atoms with E-state index in [1.807, 2.05) is 11.8 Å². The van der Waals surface area contributed by atoms with Crippen LogP contribution in [0.25, 0.3) is 0 Å². The van der Waals surface area contributed by atoms with E-state index in [-0.39, 0.29) is 11.2 Å². The van der Waals surface area contributed by atoms with Crippen LogP contribution in [0, 0.1) is 5.82 Å². The summed E-state index contributed by atoms with van der Waals surface area (Å²) >= 11 is 12.6. The average molecular weight is 403 g/mol. The van der Waals surface area contributed by atoms with Gasteiger partial charge in [0, 0.05) is 22.9 Å². The number of nitrogens with zero attached hydrogens (tertiary/aromatic N) is 1. The summed E-state index contributed by atoms with van der Waals surface area (Å²) in [6.07, 6.45) is 0. The third kappa shape index (κ3) is 3.59. The van der Waals surface area contributed by atoms with Gasteiger partial charge in [-0.05, 0) is 64.5 Å². The molecule has 21 heavy (non-hydrogen) atoms. The number of benzene rings is 1. The van der Waals surface area contributed by atoms with Crippen LogP contribution in [-0.4, -0.2) is 22.3 Å². The van der Waals surface area contributed by atoms with E-state index in [2.05, 4.69) is 38.3 Å². The van der Waals surface area contributed by atoms with Gasteiger partial charge >= 0.3 is 0 Å². The number of hydrogen-bond acceptors (Lipinski definition) is 3. The molecule has 1 aromatic heterocycles. The largest absolute Gasteiger partial charge is 0.333 e. The van der Waals surface area contributed by atoms with Crippen LogP contribution < -0.4 is 5.32 Å². The summed E-state index contributed by atoms with van der Waals surface area (Å²) in [7, 11) is 0. The van der Waals surface area contributed by atoms with E-state index in [0.717, 1.165) is 21.8 Å². The normalized spacial score (nSPS) is 18.0. The van der Waals surface area contributed by atoms with Gasteiger partial charge < -0.3 is 10.2 Å². The predicted octanol–water partition coefficient (Wildman–Crippen LogP) is 5.09. The second-order valence-corrected chi connectivity index (χ2v) is 8.56. The van der Waals surface area contributed by atoms with Crippen molar-refractivity contribution < 1.29 is 4.39 Å². The molecule has 2 heterocycles. The minimum atomic E-state index is -0.246. The van der Waals surface area contributed by atoms with Crippen LogP contribution in [0.1, 0.15) is 10.3 Å². The van der Waals surface area contributed by atoms with Crippen molar-refractivity contribution >= 4 is 62.0 Å². The van der Waals surface area contributed by atoms with E-state index in [4.69, 9.17) is 12.2 Å². The summed E-state index contributed by atoms with van der Waals surface area (Å²) in [5.41, 5.74) is 0.810. The van der Waals surface area contributed by atoms with E-state index in [0.29, 0.717) is 5.11 Å². The molecule has 0 saturated carbocycles. The molecule has 110 valence electrons. The van der Waals surface area contributed by atoms with Gasteiger partial charge in [-0.25, -0.2) is 4.39 Å². The highest BCUT2D eigenvalue weighted by atomic mass is 79.9. The van der Waals surface area contributed by atoms with Gasteiger partial charge in [0.25, 0.3) is 0 Å². The lowest BCUT2D eigenvalue weighted by atomic mass is 10.3. The molecule has 0 aliphatic carbocycles. The molecule has 1 aromatic carbocycles. The first kappa shape index (κ1) is 15.3. The number of thiocarbonyl (C=S) groups is 1.